The Morgan fingerprint density at radius 1 is 1.07 bits per heavy atom. The van der Waals surface area contributed by atoms with Crippen LogP contribution in [-0.2, 0) is 10.3 Å². The molecule has 1 unspecified atom stereocenters. The second-order valence-electron chi connectivity index (χ2n) is 6.34. The molecule has 0 bridgehead atoms. The molecule has 27 heavy (non-hydrogen) atoms. The zero-order valence-corrected chi connectivity index (χ0v) is 13.9. The van der Waals surface area contributed by atoms with E-state index in [9.17, 15) is 9.50 Å². The number of phenolic OH excluding ortho intramolecular Hbond substituents is 1. The Morgan fingerprint density at radius 3 is 2.63 bits per heavy atom. The molecule has 0 saturated carbocycles. The van der Waals surface area contributed by atoms with Gasteiger partial charge in [-0.2, -0.15) is 0 Å². The predicted octanol–water partition coefficient (Wildman–Crippen LogP) is 2.68. The number of ether oxygens (including phenoxy) is 2. The predicted molar refractivity (Wildman–Crippen MR) is 94.0 cm³/mol. The molecule has 3 N–H and O–H groups in total. The number of nitrogens with zero attached hydrogens (tertiary/aromatic N) is 3. The summed E-state index contributed by atoms with van der Waals surface area (Å²) in [4.78, 5) is 12.5. The number of hydrogen-bond donors (Lipinski definition) is 2. The molecule has 7 nitrogen and oxygen atoms in total. The smallest absolute Gasteiger partial charge is 0.283 e. The highest BCUT2D eigenvalue weighted by Crippen LogP contribution is 2.53. The van der Waals surface area contributed by atoms with Crippen molar-refractivity contribution < 1.29 is 19.0 Å². The van der Waals surface area contributed by atoms with Crippen molar-refractivity contribution in [1.82, 2.24) is 9.97 Å². The number of rotatable bonds is 1. The van der Waals surface area contributed by atoms with Crippen LogP contribution in [0.2, 0.25) is 0 Å². The van der Waals surface area contributed by atoms with Crippen LogP contribution in [0.15, 0.2) is 54.0 Å². The molecule has 1 spiro atoms. The minimum Gasteiger partial charge on any atom is -0.508 e. The maximum absolute atomic E-state index is 14.5. The average Bonchev–Trinajstić information content (AvgIpc) is 3.06. The van der Waals surface area contributed by atoms with E-state index in [0.717, 1.165) is 17.2 Å². The largest absolute Gasteiger partial charge is 0.508 e. The quantitative estimate of drug-likeness (QED) is 0.688. The van der Waals surface area contributed by atoms with E-state index in [2.05, 4.69) is 15.0 Å². The number of halogens is 1. The summed E-state index contributed by atoms with van der Waals surface area (Å²) < 4.78 is 25.7. The van der Waals surface area contributed by atoms with Crippen LogP contribution in [0.5, 0.6) is 17.2 Å². The van der Waals surface area contributed by atoms with Crippen LogP contribution in [0.25, 0.3) is 11.1 Å². The van der Waals surface area contributed by atoms with E-state index < -0.39 is 11.4 Å². The third-order valence-corrected chi connectivity index (χ3v) is 4.73. The molecule has 3 aromatic rings. The Bertz CT molecular complexity index is 1100. The van der Waals surface area contributed by atoms with E-state index in [0.29, 0.717) is 16.9 Å². The Labute approximate surface area is 152 Å². The van der Waals surface area contributed by atoms with Crippen molar-refractivity contribution in [3.63, 3.8) is 0 Å². The van der Waals surface area contributed by atoms with Gasteiger partial charge >= 0.3 is 0 Å². The van der Waals surface area contributed by atoms with Crippen LogP contribution in [0.1, 0.15) is 11.1 Å². The molecule has 2 aliphatic heterocycles. The molecular weight excluding hydrogens is 351 g/mol. The second kappa shape index (κ2) is 5.41. The molecule has 0 aliphatic carbocycles. The maximum atomic E-state index is 14.5. The van der Waals surface area contributed by atoms with Crippen molar-refractivity contribution in [2.24, 2.45) is 10.7 Å². The monoisotopic (exact) mass is 364 g/mol. The molecule has 1 atom stereocenters. The lowest BCUT2D eigenvalue weighted by atomic mass is 9.80. The number of hydrogen-bond acceptors (Lipinski definition) is 7. The van der Waals surface area contributed by atoms with Crippen molar-refractivity contribution in [1.29, 1.82) is 0 Å². The van der Waals surface area contributed by atoms with Gasteiger partial charge in [-0.05, 0) is 23.8 Å². The number of benzene rings is 2. The summed E-state index contributed by atoms with van der Waals surface area (Å²) >= 11 is 0. The highest BCUT2D eigenvalue weighted by Gasteiger charge is 2.48. The van der Waals surface area contributed by atoms with Crippen molar-refractivity contribution >= 4 is 6.02 Å². The molecule has 0 radical (unpaired) electrons. The van der Waals surface area contributed by atoms with Gasteiger partial charge in [-0.1, -0.05) is 6.07 Å². The van der Waals surface area contributed by atoms with E-state index in [1.165, 1.54) is 12.4 Å². The zero-order valence-electron chi connectivity index (χ0n) is 13.9. The number of aliphatic imine (C=N–C) groups is 1. The van der Waals surface area contributed by atoms with E-state index in [1.807, 2.05) is 12.1 Å². The topological polar surface area (TPSA) is 103 Å². The number of amidine groups is 1. The molecular formula is C19H13FN4O3. The fraction of sp³-hybridized carbons (Fsp3) is 0.105. The van der Waals surface area contributed by atoms with Gasteiger partial charge in [-0.25, -0.2) is 19.4 Å². The lowest BCUT2D eigenvalue weighted by Crippen LogP contribution is -2.31. The molecule has 5 rings (SSSR count). The van der Waals surface area contributed by atoms with Gasteiger partial charge in [0.05, 0.1) is 0 Å². The van der Waals surface area contributed by atoms with Crippen LogP contribution >= 0.6 is 0 Å². The van der Waals surface area contributed by atoms with Gasteiger partial charge in [0.2, 0.25) is 0 Å². The van der Waals surface area contributed by atoms with Gasteiger partial charge in [0.25, 0.3) is 6.02 Å². The zero-order chi connectivity index (χ0) is 18.6. The summed E-state index contributed by atoms with van der Waals surface area (Å²) in [5.74, 6) is -0.477. The molecule has 2 aliphatic rings. The second-order valence-corrected chi connectivity index (χ2v) is 6.34. The fourth-order valence-corrected chi connectivity index (χ4v) is 3.52. The molecule has 0 amide bonds. The third kappa shape index (κ3) is 2.23. The molecule has 134 valence electrons. The lowest BCUT2D eigenvalue weighted by Gasteiger charge is -2.33. The van der Waals surface area contributed by atoms with Crippen LogP contribution < -0.4 is 10.5 Å². The van der Waals surface area contributed by atoms with Crippen molar-refractivity contribution in [2.75, 3.05) is 6.61 Å². The number of nitrogens with two attached hydrogens (primary N) is 1. The summed E-state index contributed by atoms with van der Waals surface area (Å²) in [6, 6.07) is 7.84. The number of aromatic nitrogens is 2. The van der Waals surface area contributed by atoms with Crippen molar-refractivity contribution in [3.05, 3.63) is 66.0 Å². The first-order valence-corrected chi connectivity index (χ1v) is 8.16. The molecule has 3 heterocycles. The minimum atomic E-state index is -1.11. The Morgan fingerprint density at radius 2 is 1.89 bits per heavy atom. The van der Waals surface area contributed by atoms with E-state index in [1.54, 1.807) is 18.5 Å². The molecule has 1 aromatic heterocycles. The Kier molecular flexibility index (Phi) is 3.12. The first kappa shape index (κ1) is 15.6. The molecule has 8 heteroatoms. The first-order chi connectivity index (χ1) is 13.1. The molecule has 2 aromatic carbocycles. The van der Waals surface area contributed by atoms with Gasteiger partial charge in [0.15, 0.2) is 17.1 Å². The number of phenols is 1. The van der Waals surface area contributed by atoms with Crippen molar-refractivity contribution in [2.45, 2.75) is 5.54 Å². The van der Waals surface area contributed by atoms with Crippen LogP contribution in [0.4, 0.5) is 4.39 Å². The van der Waals surface area contributed by atoms with Gasteiger partial charge in [-0.15, -0.1) is 0 Å². The normalized spacial score (nSPS) is 19.7. The standard InChI is InChI=1S/C19H13FN4O3/c20-15-5-12(25)4-14-17(15)27-16-2-1-10(11-6-22-9-23-7-11)3-13(16)19(14)8-26-18(21)24-19/h1-7,9,25H,8H2,(H2,21,24). The first-order valence-electron chi connectivity index (χ1n) is 8.16. The summed E-state index contributed by atoms with van der Waals surface area (Å²) in [7, 11) is 0. The minimum absolute atomic E-state index is 0.00172. The van der Waals surface area contributed by atoms with Crippen LogP contribution in [0.3, 0.4) is 0 Å². The number of aromatic hydroxyl groups is 1. The van der Waals surface area contributed by atoms with Crippen LogP contribution in [-0.4, -0.2) is 27.7 Å². The fourth-order valence-electron chi connectivity index (χ4n) is 3.52. The van der Waals surface area contributed by atoms with E-state index in [4.69, 9.17) is 15.2 Å². The maximum Gasteiger partial charge on any atom is 0.283 e. The van der Waals surface area contributed by atoms with Gasteiger partial charge in [-0.3, -0.25) is 0 Å². The van der Waals surface area contributed by atoms with E-state index >= 15 is 0 Å². The van der Waals surface area contributed by atoms with E-state index in [-0.39, 0.29) is 24.1 Å². The average molecular weight is 364 g/mol. The van der Waals surface area contributed by atoms with Crippen molar-refractivity contribution in [3.8, 4) is 28.4 Å². The van der Waals surface area contributed by atoms with Crippen LogP contribution in [0, 0.1) is 5.82 Å². The highest BCUT2D eigenvalue weighted by atomic mass is 19.1. The highest BCUT2D eigenvalue weighted by molar-refractivity contribution is 5.78. The molecule has 0 saturated heterocycles. The summed E-state index contributed by atoms with van der Waals surface area (Å²) in [5, 5.41) is 9.93. The van der Waals surface area contributed by atoms with Gasteiger partial charge in [0, 0.05) is 35.2 Å². The SMILES string of the molecule is NC1=NC2(CO1)c1cc(-c3cncnc3)ccc1Oc1c(F)cc(O)cc12. The number of fused-ring (bicyclic) bond motifs is 4. The lowest BCUT2D eigenvalue weighted by molar-refractivity contribution is 0.261. The third-order valence-electron chi connectivity index (χ3n) is 4.73. The van der Waals surface area contributed by atoms with Gasteiger partial charge < -0.3 is 20.3 Å². The molecule has 0 fully saturated rings. The Hall–Kier alpha value is -3.68. The Balaban J connectivity index is 1.78. The summed E-state index contributed by atoms with van der Waals surface area (Å²) in [5.41, 5.74) is 7.33. The van der Waals surface area contributed by atoms with Gasteiger partial charge in [0.1, 0.15) is 24.4 Å². The summed E-state index contributed by atoms with van der Waals surface area (Å²) in [6.07, 6.45) is 4.82. The summed E-state index contributed by atoms with van der Waals surface area (Å²) in [6.45, 7) is 0.0693.